The molecule has 1 N–H and O–H groups in total. The van der Waals surface area contributed by atoms with E-state index in [9.17, 15) is 14.4 Å². The summed E-state index contributed by atoms with van der Waals surface area (Å²) in [4.78, 5) is 38.3. The zero-order chi connectivity index (χ0) is 19.4. The maximum Gasteiger partial charge on any atom is 0.408 e. The Hall–Kier alpha value is -1.89. The summed E-state index contributed by atoms with van der Waals surface area (Å²) in [6.45, 7) is 7.17. The SMILES string of the molecule is CCOC(=O)[C@@]1([C@H](NC(=O)OC(C)(C)C)c2ccsc2)CCCCC1=O. The lowest BCUT2D eigenvalue weighted by Gasteiger charge is -2.40. The van der Waals surface area contributed by atoms with Crippen LogP contribution in [0.4, 0.5) is 4.79 Å². The van der Waals surface area contributed by atoms with E-state index in [0.717, 1.165) is 12.8 Å². The maximum absolute atomic E-state index is 12.9. The van der Waals surface area contributed by atoms with Crippen LogP contribution in [-0.4, -0.2) is 30.1 Å². The Bertz CT molecular complexity index is 649. The second-order valence-corrected chi connectivity index (χ2v) is 8.24. The van der Waals surface area contributed by atoms with E-state index in [1.807, 2.05) is 16.8 Å². The fourth-order valence-electron chi connectivity index (χ4n) is 3.31. The van der Waals surface area contributed by atoms with Crippen LogP contribution in [0.3, 0.4) is 0 Å². The van der Waals surface area contributed by atoms with Crippen LogP contribution in [0.2, 0.25) is 0 Å². The minimum absolute atomic E-state index is 0.177. The predicted molar refractivity (Wildman–Crippen MR) is 99.0 cm³/mol. The van der Waals surface area contributed by atoms with Crippen LogP contribution in [0.1, 0.15) is 65.0 Å². The minimum atomic E-state index is -1.41. The number of esters is 1. The first kappa shape index (κ1) is 20.4. The van der Waals surface area contributed by atoms with Crippen LogP contribution in [0, 0.1) is 5.41 Å². The molecule has 0 saturated heterocycles. The second kappa shape index (κ2) is 8.20. The van der Waals surface area contributed by atoms with Crippen LogP contribution < -0.4 is 5.32 Å². The molecule has 1 fully saturated rings. The average molecular weight is 381 g/mol. The van der Waals surface area contributed by atoms with Crippen LogP contribution in [0.15, 0.2) is 16.8 Å². The van der Waals surface area contributed by atoms with Gasteiger partial charge in [0.15, 0.2) is 11.2 Å². The van der Waals surface area contributed by atoms with Crippen molar-refractivity contribution < 1.29 is 23.9 Å². The second-order valence-electron chi connectivity index (χ2n) is 7.46. The van der Waals surface area contributed by atoms with Crippen LogP contribution in [0.5, 0.6) is 0 Å². The molecule has 1 heterocycles. The van der Waals surface area contributed by atoms with Gasteiger partial charge in [-0.15, -0.1) is 0 Å². The quantitative estimate of drug-likeness (QED) is 0.616. The first-order chi connectivity index (χ1) is 12.2. The molecule has 1 aromatic heterocycles. The zero-order valence-corrected chi connectivity index (χ0v) is 16.6. The van der Waals surface area contributed by atoms with Gasteiger partial charge < -0.3 is 14.8 Å². The Morgan fingerprint density at radius 3 is 2.62 bits per heavy atom. The van der Waals surface area contributed by atoms with E-state index >= 15 is 0 Å². The number of rotatable bonds is 5. The highest BCUT2D eigenvalue weighted by atomic mass is 32.1. The van der Waals surface area contributed by atoms with Gasteiger partial charge in [-0.05, 0) is 62.9 Å². The highest BCUT2D eigenvalue weighted by Gasteiger charge is 2.55. The molecule has 144 valence electrons. The Balaban J connectivity index is 2.44. The summed E-state index contributed by atoms with van der Waals surface area (Å²) >= 11 is 1.44. The summed E-state index contributed by atoms with van der Waals surface area (Å²) in [6.07, 6.45) is 1.45. The summed E-state index contributed by atoms with van der Waals surface area (Å²) in [5, 5.41) is 6.47. The largest absolute Gasteiger partial charge is 0.465 e. The van der Waals surface area contributed by atoms with Gasteiger partial charge in [0.1, 0.15) is 5.60 Å². The number of carbonyl (C=O) groups is 3. The number of carbonyl (C=O) groups excluding carboxylic acids is 3. The van der Waals surface area contributed by atoms with E-state index in [1.165, 1.54) is 11.3 Å². The molecule has 26 heavy (non-hydrogen) atoms. The first-order valence-electron chi connectivity index (χ1n) is 8.93. The normalized spacial score (nSPS) is 21.8. The molecule has 1 aliphatic rings. The van der Waals surface area contributed by atoms with Crippen molar-refractivity contribution in [1.29, 1.82) is 0 Å². The van der Waals surface area contributed by atoms with E-state index in [0.29, 0.717) is 18.4 Å². The molecule has 0 unspecified atom stereocenters. The number of thiophene rings is 1. The van der Waals surface area contributed by atoms with Gasteiger partial charge >= 0.3 is 12.1 Å². The van der Waals surface area contributed by atoms with Crippen LogP contribution >= 0.6 is 11.3 Å². The Morgan fingerprint density at radius 1 is 1.35 bits per heavy atom. The zero-order valence-electron chi connectivity index (χ0n) is 15.8. The number of hydrogen-bond acceptors (Lipinski definition) is 6. The molecule has 0 bridgehead atoms. The average Bonchev–Trinajstić information content (AvgIpc) is 3.06. The monoisotopic (exact) mass is 381 g/mol. The fraction of sp³-hybridized carbons (Fsp3) is 0.632. The number of nitrogens with one attached hydrogen (secondary N) is 1. The third kappa shape index (κ3) is 4.44. The van der Waals surface area contributed by atoms with Gasteiger partial charge in [-0.3, -0.25) is 9.59 Å². The van der Waals surface area contributed by atoms with Crippen molar-refractivity contribution in [2.45, 2.75) is 65.0 Å². The lowest BCUT2D eigenvalue weighted by Crippen LogP contribution is -2.53. The molecule has 1 saturated carbocycles. The van der Waals surface area contributed by atoms with Gasteiger partial charge in [-0.2, -0.15) is 11.3 Å². The third-order valence-corrected chi connectivity index (χ3v) is 5.09. The highest BCUT2D eigenvalue weighted by molar-refractivity contribution is 7.08. The van der Waals surface area contributed by atoms with Gasteiger partial charge in [0, 0.05) is 6.42 Å². The van der Waals surface area contributed by atoms with E-state index in [-0.39, 0.29) is 12.4 Å². The lowest BCUT2D eigenvalue weighted by atomic mass is 9.66. The van der Waals surface area contributed by atoms with Crippen LogP contribution in [0.25, 0.3) is 0 Å². The van der Waals surface area contributed by atoms with Crippen molar-refractivity contribution in [3.63, 3.8) is 0 Å². The molecule has 2 rings (SSSR count). The fourth-order valence-corrected chi connectivity index (χ4v) is 3.99. The molecule has 6 nitrogen and oxygen atoms in total. The van der Waals surface area contributed by atoms with Crippen molar-refractivity contribution in [1.82, 2.24) is 5.32 Å². The number of amides is 1. The van der Waals surface area contributed by atoms with Gasteiger partial charge in [0.25, 0.3) is 0 Å². The van der Waals surface area contributed by atoms with E-state index in [2.05, 4.69) is 5.32 Å². The molecule has 7 heteroatoms. The Morgan fingerprint density at radius 2 is 2.08 bits per heavy atom. The van der Waals surface area contributed by atoms with Crippen molar-refractivity contribution in [2.75, 3.05) is 6.61 Å². The molecule has 1 aliphatic carbocycles. The number of ether oxygens (including phenoxy) is 2. The van der Waals surface area contributed by atoms with Gasteiger partial charge in [0.05, 0.1) is 12.6 Å². The number of ketones is 1. The minimum Gasteiger partial charge on any atom is -0.465 e. The Labute approximate surface area is 158 Å². The smallest absolute Gasteiger partial charge is 0.408 e. The topological polar surface area (TPSA) is 81.7 Å². The van der Waals surface area contributed by atoms with Crippen molar-refractivity contribution in [2.24, 2.45) is 5.41 Å². The summed E-state index contributed by atoms with van der Waals surface area (Å²) in [5.41, 5.74) is -1.38. The Kier molecular flexibility index (Phi) is 6.44. The number of hydrogen-bond donors (Lipinski definition) is 1. The maximum atomic E-state index is 12.9. The molecule has 1 amide bonds. The lowest BCUT2D eigenvalue weighted by molar-refractivity contribution is -0.164. The van der Waals surface area contributed by atoms with Gasteiger partial charge in [-0.25, -0.2) is 4.79 Å². The third-order valence-electron chi connectivity index (χ3n) is 4.39. The molecular weight excluding hydrogens is 354 g/mol. The summed E-state index contributed by atoms with van der Waals surface area (Å²) < 4.78 is 10.6. The highest BCUT2D eigenvalue weighted by Crippen LogP contribution is 2.45. The van der Waals surface area contributed by atoms with Gasteiger partial charge in [0.2, 0.25) is 0 Å². The number of alkyl carbamates (subject to hydrolysis) is 1. The van der Waals surface area contributed by atoms with E-state index in [1.54, 1.807) is 27.7 Å². The van der Waals surface area contributed by atoms with Crippen molar-refractivity contribution in [3.8, 4) is 0 Å². The first-order valence-corrected chi connectivity index (χ1v) is 9.87. The van der Waals surface area contributed by atoms with Crippen molar-refractivity contribution >= 4 is 29.2 Å². The number of Topliss-reactive ketones (excluding diaryl/α,β-unsaturated/α-hetero) is 1. The van der Waals surface area contributed by atoms with E-state index in [4.69, 9.17) is 9.47 Å². The molecule has 0 radical (unpaired) electrons. The molecule has 0 spiro atoms. The van der Waals surface area contributed by atoms with Crippen LogP contribution in [-0.2, 0) is 19.1 Å². The van der Waals surface area contributed by atoms with Crippen molar-refractivity contribution in [3.05, 3.63) is 22.4 Å². The molecular formula is C19H27NO5S. The standard InChI is InChI=1S/C19H27NO5S/c1-5-24-16(22)19(10-7-6-8-14(19)21)15(13-9-11-26-12-13)20-17(23)25-18(2,3)4/h9,11-12,15H,5-8,10H2,1-4H3,(H,20,23)/t15-,19+/m1/s1. The van der Waals surface area contributed by atoms with Gasteiger partial charge in [-0.1, -0.05) is 6.42 Å². The van der Waals surface area contributed by atoms with E-state index < -0.39 is 29.1 Å². The molecule has 0 aliphatic heterocycles. The summed E-state index contributed by atoms with van der Waals surface area (Å²) in [7, 11) is 0. The summed E-state index contributed by atoms with van der Waals surface area (Å²) in [5.74, 6) is -0.758. The summed E-state index contributed by atoms with van der Waals surface area (Å²) in [6, 6.07) is 1.01. The predicted octanol–water partition coefficient (Wildman–Crippen LogP) is 4.01. The molecule has 0 aromatic carbocycles. The molecule has 2 atom stereocenters. The molecule has 1 aromatic rings.